The first-order valence-corrected chi connectivity index (χ1v) is 9.91. The molecule has 0 atom stereocenters. The highest BCUT2D eigenvalue weighted by atomic mass is 35.5. The number of halogens is 1. The number of hydrogen-bond acceptors (Lipinski definition) is 3. The molecule has 0 aliphatic rings. The number of rotatable bonds is 5. The van der Waals surface area contributed by atoms with Crippen LogP contribution in [0.1, 0.15) is 23.6 Å². The molecule has 0 spiro atoms. The van der Waals surface area contributed by atoms with Gasteiger partial charge in [0.15, 0.2) is 0 Å². The number of hydrogen-bond donors (Lipinski definition) is 0. The second-order valence-electron chi connectivity index (χ2n) is 7.09. The fourth-order valence-corrected chi connectivity index (χ4v) is 3.56. The van der Waals surface area contributed by atoms with Crippen molar-refractivity contribution < 1.29 is 4.74 Å². The highest BCUT2D eigenvalue weighted by molar-refractivity contribution is 6.32. The van der Waals surface area contributed by atoms with E-state index in [0.29, 0.717) is 35.1 Å². The molecule has 6 heteroatoms. The first-order valence-electron chi connectivity index (χ1n) is 9.54. The van der Waals surface area contributed by atoms with Crippen molar-refractivity contribution in [1.29, 1.82) is 0 Å². The van der Waals surface area contributed by atoms with Crippen LogP contribution in [0.4, 0.5) is 0 Å². The average Bonchev–Trinajstić information content (AvgIpc) is 3.14. The second-order valence-corrected chi connectivity index (χ2v) is 7.49. The Bertz CT molecular complexity index is 1260. The van der Waals surface area contributed by atoms with Crippen molar-refractivity contribution in [2.45, 2.75) is 27.3 Å². The molecule has 0 N–H and O–H groups in total. The lowest BCUT2D eigenvalue weighted by Crippen LogP contribution is -2.21. The van der Waals surface area contributed by atoms with Gasteiger partial charge in [-0.1, -0.05) is 29.8 Å². The first-order chi connectivity index (χ1) is 14.0. The van der Waals surface area contributed by atoms with Gasteiger partial charge in [-0.05, 0) is 61.7 Å². The third-order valence-corrected chi connectivity index (χ3v) is 5.35. The van der Waals surface area contributed by atoms with Crippen LogP contribution in [0.2, 0.25) is 5.02 Å². The maximum Gasteiger partial charge on any atom is 0.276 e. The maximum atomic E-state index is 13.0. The molecule has 2 heterocycles. The van der Waals surface area contributed by atoms with Crippen molar-refractivity contribution in [2.24, 2.45) is 0 Å². The maximum absolute atomic E-state index is 13.0. The van der Waals surface area contributed by atoms with E-state index in [2.05, 4.69) is 37.1 Å². The summed E-state index contributed by atoms with van der Waals surface area (Å²) in [5.41, 5.74) is 5.52. The van der Waals surface area contributed by atoms with E-state index in [9.17, 15) is 4.79 Å². The zero-order valence-electron chi connectivity index (χ0n) is 16.6. The summed E-state index contributed by atoms with van der Waals surface area (Å²) >= 11 is 6.30. The summed E-state index contributed by atoms with van der Waals surface area (Å²) in [7, 11) is 0. The molecule has 0 amide bonds. The van der Waals surface area contributed by atoms with Crippen LogP contribution in [-0.2, 0) is 6.54 Å². The smallest absolute Gasteiger partial charge is 0.276 e. The summed E-state index contributed by atoms with van der Waals surface area (Å²) in [5, 5.41) is 5.06. The quantitative estimate of drug-likeness (QED) is 0.473. The number of aromatic nitrogens is 3. The summed E-state index contributed by atoms with van der Waals surface area (Å²) in [6.07, 6.45) is 3.57. The molecule has 0 bridgehead atoms. The largest absolute Gasteiger partial charge is 0.492 e. The summed E-state index contributed by atoms with van der Waals surface area (Å²) in [4.78, 5) is 13.0. The van der Waals surface area contributed by atoms with Gasteiger partial charge in [-0.15, -0.1) is 0 Å². The van der Waals surface area contributed by atoms with Crippen LogP contribution in [0.5, 0.6) is 5.75 Å². The molecule has 0 aliphatic carbocycles. The number of aryl methyl sites for hydroxylation is 2. The molecule has 0 radical (unpaired) electrons. The van der Waals surface area contributed by atoms with E-state index in [1.54, 1.807) is 27.5 Å². The van der Waals surface area contributed by atoms with Crippen LogP contribution in [-0.4, -0.2) is 20.8 Å². The minimum absolute atomic E-state index is 0.0819. The van der Waals surface area contributed by atoms with E-state index in [1.807, 2.05) is 25.1 Å². The molecule has 2 aromatic heterocycles. The Balaban J connectivity index is 1.70. The summed E-state index contributed by atoms with van der Waals surface area (Å²) in [6, 6.07) is 13.6. The highest BCUT2D eigenvalue weighted by Crippen LogP contribution is 2.30. The molecular formula is C23H22ClN3O2. The van der Waals surface area contributed by atoms with E-state index in [-0.39, 0.29) is 5.56 Å². The van der Waals surface area contributed by atoms with Gasteiger partial charge < -0.3 is 9.30 Å². The highest BCUT2D eigenvalue weighted by Gasteiger charge is 2.11. The van der Waals surface area contributed by atoms with Crippen LogP contribution >= 0.6 is 11.6 Å². The zero-order valence-corrected chi connectivity index (χ0v) is 17.4. The molecule has 29 heavy (non-hydrogen) atoms. The second kappa shape index (κ2) is 7.76. The topological polar surface area (TPSA) is 48.5 Å². The molecule has 0 unspecified atom stereocenters. The SMILES string of the molecule is CCOc1ccc(-c2cc3c(=O)n(Cc4ccc(C)c(C)c4)ccn3n2)cc1Cl. The van der Waals surface area contributed by atoms with Crippen molar-refractivity contribution in [3.63, 3.8) is 0 Å². The molecule has 4 aromatic rings. The Morgan fingerprint density at radius 3 is 2.59 bits per heavy atom. The predicted molar refractivity (Wildman–Crippen MR) is 116 cm³/mol. The fraction of sp³-hybridized carbons (Fsp3) is 0.217. The molecule has 0 fully saturated rings. The lowest BCUT2D eigenvalue weighted by atomic mass is 10.1. The molecule has 0 saturated carbocycles. The van der Waals surface area contributed by atoms with Crippen molar-refractivity contribution in [3.05, 3.63) is 86.9 Å². The van der Waals surface area contributed by atoms with Gasteiger partial charge in [0.2, 0.25) is 0 Å². The minimum Gasteiger partial charge on any atom is -0.492 e. The van der Waals surface area contributed by atoms with Gasteiger partial charge in [-0.25, -0.2) is 4.52 Å². The minimum atomic E-state index is -0.0819. The monoisotopic (exact) mass is 407 g/mol. The molecular weight excluding hydrogens is 386 g/mol. The van der Waals surface area contributed by atoms with Gasteiger partial charge in [-0.3, -0.25) is 4.79 Å². The Hall–Kier alpha value is -3.05. The Morgan fingerprint density at radius 2 is 1.86 bits per heavy atom. The van der Waals surface area contributed by atoms with E-state index in [0.717, 1.165) is 11.1 Å². The first kappa shape index (κ1) is 19.3. The van der Waals surface area contributed by atoms with Crippen LogP contribution in [0.15, 0.2) is 59.7 Å². The van der Waals surface area contributed by atoms with E-state index >= 15 is 0 Å². The molecule has 148 valence electrons. The van der Waals surface area contributed by atoms with Crippen molar-refractivity contribution in [2.75, 3.05) is 6.61 Å². The van der Waals surface area contributed by atoms with Gasteiger partial charge >= 0.3 is 0 Å². The van der Waals surface area contributed by atoms with Crippen LogP contribution in [0.25, 0.3) is 16.8 Å². The lowest BCUT2D eigenvalue weighted by Gasteiger charge is -2.08. The third-order valence-electron chi connectivity index (χ3n) is 5.06. The average molecular weight is 408 g/mol. The molecule has 0 aliphatic heterocycles. The number of fused-ring (bicyclic) bond motifs is 1. The Kier molecular flexibility index (Phi) is 5.16. The standard InChI is InChI=1S/C23H22ClN3O2/c1-4-29-22-8-7-18(12-19(22)24)20-13-21-23(28)26(9-10-27(21)25-20)14-17-6-5-15(2)16(3)11-17/h5-13H,4,14H2,1-3H3. The van der Waals surface area contributed by atoms with Crippen molar-refractivity contribution in [3.8, 4) is 17.0 Å². The molecule has 2 aromatic carbocycles. The van der Waals surface area contributed by atoms with Gasteiger partial charge in [0, 0.05) is 18.0 Å². The number of benzene rings is 2. The number of nitrogens with zero attached hydrogens (tertiary/aromatic N) is 3. The summed E-state index contributed by atoms with van der Waals surface area (Å²) < 4.78 is 8.80. The van der Waals surface area contributed by atoms with Gasteiger partial charge in [0.1, 0.15) is 11.3 Å². The van der Waals surface area contributed by atoms with Crippen LogP contribution in [0, 0.1) is 13.8 Å². The molecule has 0 saturated heterocycles. The normalized spacial score (nSPS) is 11.2. The van der Waals surface area contributed by atoms with Crippen LogP contribution < -0.4 is 10.3 Å². The molecule has 5 nitrogen and oxygen atoms in total. The van der Waals surface area contributed by atoms with Crippen LogP contribution in [0.3, 0.4) is 0 Å². The van der Waals surface area contributed by atoms with Crippen molar-refractivity contribution >= 4 is 17.1 Å². The fourth-order valence-electron chi connectivity index (χ4n) is 3.32. The van der Waals surface area contributed by atoms with E-state index in [4.69, 9.17) is 16.3 Å². The Morgan fingerprint density at radius 1 is 1.03 bits per heavy atom. The summed E-state index contributed by atoms with van der Waals surface area (Å²) in [5.74, 6) is 0.637. The van der Waals surface area contributed by atoms with E-state index < -0.39 is 0 Å². The van der Waals surface area contributed by atoms with Gasteiger partial charge in [0.05, 0.1) is 23.9 Å². The van der Waals surface area contributed by atoms with E-state index in [1.165, 1.54) is 11.1 Å². The third kappa shape index (κ3) is 3.78. The summed E-state index contributed by atoms with van der Waals surface area (Å²) in [6.45, 7) is 7.14. The van der Waals surface area contributed by atoms with Gasteiger partial charge in [-0.2, -0.15) is 5.10 Å². The van der Waals surface area contributed by atoms with Gasteiger partial charge in [0.25, 0.3) is 5.56 Å². The lowest BCUT2D eigenvalue weighted by molar-refractivity contribution is 0.340. The predicted octanol–water partition coefficient (Wildman–Crippen LogP) is 4.88. The Labute approximate surface area is 174 Å². The number of ether oxygens (including phenoxy) is 1. The van der Waals surface area contributed by atoms with Crippen molar-refractivity contribution in [1.82, 2.24) is 14.2 Å². The zero-order chi connectivity index (χ0) is 20.5. The molecule has 4 rings (SSSR count).